The van der Waals surface area contributed by atoms with Gasteiger partial charge in [-0.05, 0) is 30.8 Å². The summed E-state index contributed by atoms with van der Waals surface area (Å²) in [5.41, 5.74) is 1.40. The Balaban J connectivity index is 1.17. The summed E-state index contributed by atoms with van der Waals surface area (Å²) in [6.45, 7) is 0.726. The van der Waals surface area contributed by atoms with E-state index in [2.05, 4.69) is 16.4 Å². The monoisotopic (exact) mass is 498 g/mol. The average molecular weight is 499 g/mol. The number of imide groups is 1. The van der Waals surface area contributed by atoms with Gasteiger partial charge in [-0.3, -0.25) is 4.79 Å². The summed E-state index contributed by atoms with van der Waals surface area (Å²) >= 11 is 5.70. The van der Waals surface area contributed by atoms with Crippen LogP contribution in [0.2, 0.25) is 0 Å². The quantitative estimate of drug-likeness (QED) is 0.421. The number of hydrogen-bond donors (Lipinski definition) is 1. The maximum Gasteiger partial charge on any atom is 0.332 e. The number of benzene rings is 2. The van der Waals surface area contributed by atoms with Crippen LogP contribution in [0.5, 0.6) is 11.5 Å². The van der Waals surface area contributed by atoms with Gasteiger partial charge < -0.3 is 24.6 Å². The third-order valence-corrected chi connectivity index (χ3v) is 7.61. The second-order valence-corrected chi connectivity index (χ2v) is 9.45. The SMILES string of the molecule is N#Cc1ncc(N2C(=O)[C@@H]3C4CC(CN4C(=S)Nc4ccc5c(c4)OCO5)N3C2=O)c2ccccc12. The van der Waals surface area contributed by atoms with Gasteiger partial charge in [0.1, 0.15) is 17.8 Å². The van der Waals surface area contributed by atoms with Crippen LogP contribution in [0, 0.1) is 11.3 Å². The molecule has 2 unspecified atom stereocenters. The van der Waals surface area contributed by atoms with Crippen LogP contribution in [0.4, 0.5) is 16.2 Å². The van der Waals surface area contributed by atoms with Crippen LogP contribution in [0.1, 0.15) is 12.1 Å². The lowest BCUT2D eigenvalue weighted by atomic mass is 10.1. The molecule has 3 saturated heterocycles. The number of anilines is 2. The summed E-state index contributed by atoms with van der Waals surface area (Å²) in [6.07, 6.45) is 2.11. The smallest absolute Gasteiger partial charge is 0.332 e. The van der Waals surface area contributed by atoms with Crippen LogP contribution in [-0.4, -0.2) is 63.3 Å². The van der Waals surface area contributed by atoms with Crippen molar-refractivity contribution in [2.75, 3.05) is 23.6 Å². The van der Waals surface area contributed by atoms with E-state index >= 15 is 0 Å². The molecule has 0 spiro atoms. The summed E-state index contributed by atoms with van der Waals surface area (Å²) in [6, 6.07) is 13.4. The summed E-state index contributed by atoms with van der Waals surface area (Å²) in [5, 5.41) is 14.4. The fourth-order valence-electron chi connectivity index (χ4n) is 5.73. The molecule has 0 aliphatic carbocycles. The van der Waals surface area contributed by atoms with Gasteiger partial charge in [0, 0.05) is 29.1 Å². The van der Waals surface area contributed by atoms with Crippen LogP contribution >= 0.6 is 12.2 Å². The fourth-order valence-corrected chi connectivity index (χ4v) is 6.05. The van der Waals surface area contributed by atoms with Crippen molar-refractivity contribution in [3.05, 3.63) is 54.4 Å². The highest BCUT2D eigenvalue weighted by Crippen LogP contribution is 2.44. The predicted molar refractivity (Wildman–Crippen MR) is 133 cm³/mol. The van der Waals surface area contributed by atoms with Gasteiger partial charge in [0.2, 0.25) is 6.79 Å². The van der Waals surface area contributed by atoms with Crippen LogP contribution in [0.25, 0.3) is 10.8 Å². The number of carbonyl (C=O) groups is 2. The first-order valence-corrected chi connectivity index (χ1v) is 11.9. The van der Waals surface area contributed by atoms with E-state index in [-0.39, 0.29) is 36.5 Å². The molecule has 5 heterocycles. The zero-order valence-corrected chi connectivity index (χ0v) is 19.6. The molecule has 0 radical (unpaired) electrons. The number of urea groups is 1. The van der Waals surface area contributed by atoms with Crippen molar-refractivity contribution in [3.63, 3.8) is 0 Å². The van der Waals surface area contributed by atoms with E-state index in [9.17, 15) is 14.9 Å². The van der Waals surface area contributed by atoms with Crippen molar-refractivity contribution in [3.8, 4) is 17.6 Å². The minimum absolute atomic E-state index is 0.129. The van der Waals surface area contributed by atoms with Crippen molar-refractivity contribution in [2.45, 2.75) is 24.5 Å². The largest absolute Gasteiger partial charge is 0.454 e. The van der Waals surface area contributed by atoms with Crippen LogP contribution in [-0.2, 0) is 4.79 Å². The highest BCUT2D eigenvalue weighted by atomic mass is 32.1. The minimum Gasteiger partial charge on any atom is -0.454 e. The lowest BCUT2D eigenvalue weighted by molar-refractivity contribution is -0.120. The second-order valence-electron chi connectivity index (χ2n) is 9.07. The number of carbonyl (C=O) groups excluding carboxylic acids is 2. The Labute approximate surface area is 210 Å². The molecule has 7 rings (SSSR count). The van der Waals surface area contributed by atoms with Gasteiger partial charge in [-0.1, -0.05) is 24.3 Å². The number of aromatic nitrogens is 1. The van der Waals surface area contributed by atoms with Gasteiger partial charge in [0.05, 0.1) is 24.0 Å². The van der Waals surface area contributed by atoms with E-state index < -0.39 is 6.04 Å². The van der Waals surface area contributed by atoms with E-state index in [4.69, 9.17) is 21.7 Å². The van der Waals surface area contributed by atoms with E-state index in [1.54, 1.807) is 23.1 Å². The number of fused-ring (bicyclic) bond motifs is 7. The van der Waals surface area contributed by atoms with Crippen molar-refractivity contribution in [1.29, 1.82) is 5.26 Å². The molecule has 0 saturated carbocycles. The first-order valence-electron chi connectivity index (χ1n) is 11.5. The molecular weight excluding hydrogens is 480 g/mol. The highest BCUT2D eigenvalue weighted by Gasteiger charge is 2.62. The number of nitrogens with one attached hydrogen (secondary N) is 1. The first-order chi connectivity index (χ1) is 17.5. The number of hydrogen-bond acceptors (Lipinski definition) is 7. The molecule has 3 amide bonds. The molecule has 10 nitrogen and oxygen atoms in total. The lowest BCUT2D eigenvalue weighted by Gasteiger charge is -2.36. The number of amides is 3. The Kier molecular flexibility index (Phi) is 4.37. The van der Waals surface area contributed by atoms with E-state index in [1.165, 1.54) is 11.1 Å². The molecule has 4 aliphatic heterocycles. The Hall–Kier alpha value is -4.43. The Morgan fingerprint density at radius 2 is 1.94 bits per heavy atom. The Morgan fingerprint density at radius 1 is 1.14 bits per heavy atom. The molecule has 3 aromatic rings. The number of thiocarbonyl (C=S) groups is 1. The standard InChI is InChI=1S/C25H18N6O4S/c26-9-17-15-3-1-2-4-16(15)19(10-27-17)31-23(32)22-18-8-14(30(22)25(31)33)11-29(18)24(36)28-13-5-6-20-21(7-13)35-12-34-20/h1-7,10,14,18,22H,8,11-12H2,(H,28,36)/t14?,18?,22-/m0/s1. The summed E-state index contributed by atoms with van der Waals surface area (Å²) in [7, 11) is 0. The number of nitrogens with zero attached hydrogens (tertiary/aromatic N) is 5. The van der Waals surface area contributed by atoms with Gasteiger partial charge in [-0.2, -0.15) is 5.26 Å². The van der Waals surface area contributed by atoms with Crippen molar-refractivity contribution in [1.82, 2.24) is 14.8 Å². The van der Waals surface area contributed by atoms with Gasteiger partial charge in [-0.25, -0.2) is 14.7 Å². The molecule has 178 valence electrons. The number of piperazine rings is 1. The van der Waals surface area contributed by atoms with Gasteiger partial charge in [0.15, 0.2) is 16.6 Å². The highest BCUT2D eigenvalue weighted by molar-refractivity contribution is 7.80. The van der Waals surface area contributed by atoms with Crippen LogP contribution < -0.4 is 19.7 Å². The zero-order chi connectivity index (χ0) is 24.6. The zero-order valence-electron chi connectivity index (χ0n) is 18.7. The van der Waals surface area contributed by atoms with E-state index in [0.29, 0.717) is 46.0 Å². The van der Waals surface area contributed by atoms with Crippen LogP contribution in [0.3, 0.4) is 0 Å². The molecule has 3 fully saturated rings. The van der Waals surface area contributed by atoms with Gasteiger partial charge >= 0.3 is 6.03 Å². The van der Waals surface area contributed by atoms with Gasteiger partial charge in [0.25, 0.3) is 5.91 Å². The number of likely N-dealkylation sites (tertiary alicyclic amines) is 1. The molecule has 11 heteroatoms. The Bertz CT molecular complexity index is 1540. The third-order valence-electron chi connectivity index (χ3n) is 7.27. The molecule has 3 atom stereocenters. The average Bonchev–Trinajstić information content (AvgIpc) is 3.66. The summed E-state index contributed by atoms with van der Waals surface area (Å²) in [4.78, 5) is 36.3. The van der Waals surface area contributed by atoms with Gasteiger partial charge in [-0.15, -0.1) is 0 Å². The van der Waals surface area contributed by atoms with E-state index in [0.717, 1.165) is 5.69 Å². The number of nitriles is 1. The summed E-state index contributed by atoms with van der Waals surface area (Å²) in [5.74, 6) is 1.02. The van der Waals surface area contributed by atoms with Crippen LogP contribution in [0.15, 0.2) is 48.7 Å². The lowest BCUT2D eigenvalue weighted by Crippen LogP contribution is -2.55. The molecule has 36 heavy (non-hydrogen) atoms. The number of pyridine rings is 1. The Morgan fingerprint density at radius 3 is 2.78 bits per heavy atom. The minimum atomic E-state index is -0.637. The predicted octanol–water partition coefficient (Wildman–Crippen LogP) is 2.83. The molecular formula is C25H18N6O4S. The van der Waals surface area contributed by atoms with E-state index in [1.807, 2.05) is 29.2 Å². The van der Waals surface area contributed by atoms with Crippen molar-refractivity contribution in [2.24, 2.45) is 0 Å². The molecule has 4 aliphatic rings. The number of rotatable bonds is 2. The maximum absolute atomic E-state index is 13.7. The van der Waals surface area contributed by atoms with Crippen molar-refractivity contribution < 1.29 is 19.1 Å². The third kappa shape index (κ3) is 2.82. The van der Waals surface area contributed by atoms with Crippen molar-refractivity contribution >= 4 is 51.4 Å². The summed E-state index contributed by atoms with van der Waals surface area (Å²) < 4.78 is 10.8. The molecule has 2 bridgehead atoms. The molecule has 2 aromatic carbocycles. The topological polar surface area (TPSA) is 111 Å². The molecule has 1 aromatic heterocycles. The normalized spacial score (nSPS) is 23.4. The molecule has 1 N–H and O–H groups in total. The fraction of sp³-hybridized carbons (Fsp3) is 0.240. The second kappa shape index (κ2) is 7.53. The maximum atomic E-state index is 13.7. The first kappa shape index (κ1) is 20.9. The number of ether oxygens (including phenoxy) is 2.